The maximum atomic E-state index is 12.2. The van der Waals surface area contributed by atoms with Crippen LogP contribution in [0.3, 0.4) is 0 Å². The van der Waals surface area contributed by atoms with Crippen molar-refractivity contribution >= 4 is 48.9 Å². The molecule has 1 N–H and O–H groups in total. The van der Waals surface area contributed by atoms with E-state index in [0.717, 1.165) is 28.6 Å². The van der Waals surface area contributed by atoms with Crippen molar-refractivity contribution in [3.8, 4) is 0 Å². The highest BCUT2D eigenvalue weighted by molar-refractivity contribution is 9.11. The third-order valence-corrected chi connectivity index (χ3v) is 8.08. The molecule has 2 rings (SSSR count). The van der Waals surface area contributed by atoms with E-state index in [1.54, 1.807) is 6.07 Å². The number of hydrogen-bond donors (Lipinski definition) is 1. The standard InChI is InChI=1S/C12H17BrClNO2S2/c1-8-5-11(18-12(8)13)19(16,17)15-7-10-4-2-3-9(10)6-14/h5,9-10,15H,2-4,6-7H2,1H3. The summed E-state index contributed by atoms with van der Waals surface area (Å²) in [5, 5.41) is 0. The summed E-state index contributed by atoms with van der Waals surface area (Å²) in [7, 11) is -3.39. The molecule has 1 aliphatic carbocycles. The Morgan fingerprint density at radius 2 is 2.16 bits per heavy atom. The Kier molecular flexibility index (Phi) is 5.34. The summed E-state index contributed by atoms with van der Waals surface area (Å²) in [6, 6.07) is 1.70. The van der Waals surface area contributed by atoms with E-state index in [0.29, 0.717) is 28.5 Å². The van der Waals surface area contributed by atoms with Crippen molar-refractivity contribution in [3.05, 3.63) is 15.4 Å². The van der Waals surface area contributed by atoms with Gasteiger partial charge >= 0.3 is 0 Å². The van der Waals surface area contributed by atoms with Gasteiger partial charge in [-0.3, -0.25) is 0 Å². The van der Waals surface area contributed by atoms with Crippen molar-refractivity contribution in [2.45, 2.75) is 30.4 Å². The molecule has 0 bridgehead atoms. The second kappa shape index (κ2) is 6.43. The summed E-state index contributed by atoms with van der Waals surface area (Å²) < 4.78 is 28.4. The zero-order chi connectivity index (χ0) is 14.0. The molecule has 1 heterocycles. The van der Waals surface area contributed by atoms with Crippen molar-refractivity contribution in [1.82, 2.24) is 4.72 Å². The number of aryl methyl sites for hydroxylation is 1. The predicted molar refractivity (Wildman–Crippen MR) is 83.5 cm³/mol. The Morgan fingerprint density at radius 1 is 1.47 bits per heavy atom. The van der Waals surface area contributed by atoms with Crippen LogP contribution in [0.2, 0.25) is 0 Å². The predicted octanol–water partition coefficient (Wildman–Crippen LogP) is 3.75. The SMILES string of the molecule is Cc1cc(S(=O)(=O)NCC2CCCC2CCl)sc1Br. The Bertz CT molecular complexity index is 524. The van der Waals surface area contributed by atoms with E-state index in [4.69, 9.17) is 11.6 Å². The molecule has 1 aromatic rings. The molecular formula is C12H17BrClNO2S2. The lowest BCUT2D eigenvalue weighted by Crippen LogP contribution is -2.30. The second-order valence-corrected chi connectivity index (χ2v) is 9.65. The summed E-state index contributed by atoms with van der Waals surface area (Å²) in [5.74, 6) is 1.44. The van der Waals surface area contributed by atoms with E-state index in [1.807, 2.05) is 6.92 Å². The number of thiophene rings is 1. The fourth-order valence-corrected chi connectivity index (χ4v) is 6.21. The highest BCUT2D eigenvalue weighted by Gasteiger charge is 2.28. The molecule has 0 aliphatic heterocycles. The Labute approximate surface area is 131 Å². The van der Waals surface area contributed by atoms with E-state index < -0.39 is 10.0 Å². The smallest absolute Gasteiger partial charge is 0.210 e. The molecule has 1 fully saturated rings. The summed E-state index contributed by atoms with van der Waals surface area (Å²) in [5.41, 5.74) is 0.949. The first kappa shape index (κ1) is 15.8. The molecule has 0 saturated heterocycles. The van der Waals surface area contributed by atoms with Gasteiger partial charge in [0.1, 0.15) is 4.21 Å². The fourth-order valence-electron chi connectivity index (χ4n) is 2.44. The molecular weight excluding hydrogens is 370 g/mol. The summed E-state index contributed by atoms with van der Waals surface area (Å²) in [4.78, 5) is 0. The van der Waals surface area contributed by atoms with Gasteiger partial charge in [0.15, 0.2) is 0 Å². The van der Waals surface area contributed by atoms with Crippen LogP contribution in [0.5, 0.6) is 0 Å². The van der Waals surface area contributed by atoms with Gasteiger partial charge in [-0.15, -0.1) is 22.9 Å². The molecule has 1 aliphatic rings. The maximum absolute atomic E-state index is 12.2. The van der Waals surface area contributed by atoms with Crippen LogP contribution < -0.4 is 4.72 Å². The Morgan fingerprint density at radius 3 is 2.74 bits per heavy atom. The van der Waals surface area contributed by atoms with Gasteiger partial charge in [0.2, 0.25) is 10.0 Å². The fraction of sp³-hybridized carbons (Fsp3) is 0.667. The monoisotopic (exact) mass is 385 g/mol. The number of sulfonamides is 1. The summed E-state index contributed by atoms with van der Waals surface area (Å²) >= 11 is 10.5. The van der Waals surface area contributed by atoms with Crippen LogP contribution in [0.1, 0.15) is 24.8 Å². The number of halogens is 2. The minimum Gasteiger partial charge on any atom is -0.210 e. The van der Waals surface area contributed by atoms with Crippen molar-refractivity contribution in [1.29, 1.82) is 0 Å². The van der Waals surface area contributed by atoms with E-state index >= 15 is 0 Å². The highest BCUT2D eigenvalue weighted by Crippen LogP contribution is 2.33. The van der Waals surface area contributed by atoms with Gasteiger partial charge in [0.05, 0.1) is 3.79 Å². The van der Waals surface area contributed by atoms with Gasteiger partial charge in [0.25, 0.3) is 0 Å². The molecule has 0 radical (unpaired) electrons. The lowest BCUT2D eigenvalue weighted by molar-refractivity contribution is 0.418. The van der Waals surface area contributed by atoms with Gasteiger partial charge in [-0.25, -0.2) is 13.1 Å². The Hall–Kier alpha value is 0.380. The first-order valence-electron chi connectivity index (χ1n) is 6.25. The van der Waals surface area contributed by atoms with Crippen molar-refractivity contribution in [3.63, 3.8) is 0 Å². The zero-order valence-electron chi connectivity index (χ0n) is 10.7. The normalized spacial score (nSPS) is 23.9. The molecule has 2 unspecified atom stereocenters. The van der Waals surface area contributed by atoms with Crippen LogP contribution in [-0.2, 0) is 10.0 Å². The number of rotatable bonds is 5. The van der Waals surface area contributed by atoms with Gasteiger partial charge in [0, 0.05) is 12.4 Å². The van der Waals surface area contributed by atoms with Crippen LogP contribution in [-0.4, -0.2) is 20.8 Å². The van der Waals surface area contributed by atoms with E-state index in [1.165, 1.54) is 11.3 Å². The van der Waals surface area contributed by atoms with Crippen LogP contribution in [0, 0.1) is 18.8 Å². The second-order valence-electron chi connectivity index (χ2n) is 4.98. The number of alkyl halides is 1. The average molecular weight is 387 g/mol. The highest BCUT2D eigenvalue weighted by atomic mass is 79.9. The number of hydrogen-bond acceptors (Lipinski definition) is 3. The largest absolute Gasteiger partial charge is 0.250 e. The van der Waals surface area contributed by atoms with Crippen molar-refractivity contribution < 1.29 is 8.42 Å². The Balaban J connectivity index is 2.02. The van der Waals surface area contributed by atoms with Gasteiger partial charge in [-0.2, -0.15) is 0 Å². The minimum atomic E-state index is -3.39. The lowest BCUT2D eigenvalue weighted by Gasteiger charge is -2.17. The molecule has 19 heavy (non-hydrogen) atoms. The maximum Gasteiger partial charge on any atom is 0.250 e. The molecule has 108 valence electrons. The van der Waals surface area contributed by atoms with E-state index in [2.05, 4.69) is 20.7 Å². The third-order valence-electron chi connectivity index (χ3n) is 3.65. The molecule has 0 spiro atoms. The third kappa shape index (κ3) is 3.73. The molecule has 7 heteroatoms. The molecule has 1 aromatic heterocycles. The summed E-state index contributed by atoms with van der Waals surface area (Å²) in [6.07, 6.45) is 3.32. The lowest BCUT2D eigenvalue weighted by atomic mass is 9.98. The molecule has 0 amide bonds. The van der Waals surface area contributed by atoms with Crippen LogP contribution >= 0.6 is 38.9 Å². The van der Waals surface area contributed by atoms with Crippen LogP contribution in [0.15, 0.2) is 14.1 Å². The van der Waals surface area contributed by atoms with E-state index in [9.17, 15) is 8.42 Å². The minimum absolute atomic E-state index is 0.372. The topological polar surface area (TPSA) is 46.2 Å². The van der Waals surface area contributed by atoms with Gasteiger partial charge in [-0.1, -0.05) is 6.42 Å². The first-order chi connectivity index (χ1) is 8.94. The van der Waals surface area contributed by atoms with Crippen LogP contribution in [0.4, 0.5) is 0 Å². The average Bonchev–Trinajstić information content (AvgIpc) is 2.94. The first-order valence-corrected chi connectivity index (χ1v) is 9.88. The quantitative estimate of drug-likeness (QED) is 0.783. The van der Waals surface area contributed by atoms with E-state index in [-0.39, 0.29) is 0 Å². The molecule has 2 atom stereocenters. The van der Waals surface area contributed by atoms with Gasteiger partial charge in [-0.05, 0) is 59.2 Å². The van der Waals surface area contributed by atoms with Crippen LogP contribution in [0.25, 0.3) is 0 Å². The molecule has 1 saturated carbocycles. The summed E-state index contributed by atoms with van der Waals surface area (Å²) in [6.45, 7) is 2.38. The molecule has 0 aromatic carbocycles. The van der Waals surface area contributed by atoms with Gasteiger partial charge < -0.3 is 0 Å². The molecule has 3 nitrogen and oxygen atoms in total. The van der Waals surface area contributed by atoms with Crippen molar-refractivity contribution in [2.75, 3.05) is 12.4 Å². The number of nitrogens with one attached hydrogen (secondary N) is 1. The zero-order valence-corrected chi connectivity index (χ0v) is 14.6. The van der Waals surface area contributed by atoms with Crippen molar-refractivity contribution in [2.24, 2.45) is 11.8 Å².